The van der Waals surface area contributed by atoms with Gasteiger partial charge in [-0.15, -0.1) is 0 Å². The molecule has 108 valence electrons. The van der Waals surface area contributed by atoms with Crippen LogP contribution >= 0.6 is 0 Å². The van der Waals surface area contributed by atoms with E-state index in [9.17, 15) is 0 Å². The van der Waals surface area contributed by atoms with Crippen LogP contribution in [0.4, 0.5) is 11.9 Å². The number of ether oxygens (including phenoxy) is 3. The smallest absolute Gasteiger partial charge is 0.322 e. The Kier molecular flexibility index (Phi) is 7.52. The number of nitrogens with zero attached hydrogens (tertiary/aromatic N) is 3. The van der Waals surface area contributed by atoms with E-state index in [2.05, 4.69) is 25.6 Å². The van der Waals surface area contributed by atoms with Gasteiger partial charge < -0.3 is 24.8 Å². The van der Waals surface area contributed by atoms with E-state index in [1.54, 1.807) is 14.2 Å². The van der Waals surface area contributed by atoms with Crippen molar-refractivity contribution in [2.45, 2.75) is 6.42 Å². The molecule has 0 amide bonds. The van der Waals surface area contributed by atoms with Crippen molar-refractivity contribution >= 4 is 11.9 Å². The second-order valence-electron chi connectivity index (χ2n) is 3.60. The summed E-state index contributed by atoms with van der Waals surface area (Å²) in [4.78, 5) is 12.3. The van der Waals surface area contributed by atoms with Gasteiger partial charge in [0.15, 0.2) is 0 Å². The van der Waals surface area contributed by atoms with Crippen LogP contribution in [0.15, 0.2) is 0 Å². The van der Waals surface area contributed by atoms with Crippen molar-refractivity contribution in [2.75, 3.05) is 58.3 Å². The Hall–Kier alpha value is -1.67. The minimum Gasteiger partial charge on any atom is -0.467 e. The van der Waals surface area contributed by atoms with Crippen LogP contribution in [-0.4, -0.2) is 62.6 Å². The van der Waals surface area contributed by atoms with Crippen molar-refractivity contribution in [1.82, 2.24) is 15.0 Å². The van der Waals surface area contributed by atoms with Crippen LogP contribution < -0.4 is 15.4 Å². The molecule has 19 heavy (non-hydrogen) atoms. The van der Waals surface area contributed by atoms with Gasteiger partial charge >= 0.3 is 6.01 Å². The molecule has 0 aliphatic heterocycles. The maximum Gasteiger partial charge on any atom is 0.322 e. The molecule has 1 aromatic heterocycles. The Morgan fingerprint density at radius 2 is 1.79 bits per heavy atom. The number of rotatable bonds is 10. The predicted octanol–water partition coefficient (Wildman–Crippen LogP) is 0.387. The normalized spacial score (nSPS) is 10.3. The molecule has 1 aromatic rings. The summed E-state index contributed by atoms with van der Waals surface area (Å²) in [5, 5.41) is 5.94. The van der Waals surface area contributed by atoms with E-state index in [0.717, 1.165) is 6.42 Å². The van der Waals surface area contributed by atoms with Gasteiger partial charge in [0.25, 0.3) is 0 Å². The lowest BCUT2D eigenvalue weighted by atomic mass is 10.4. The molecule has 0 fully saturated rings. The fourth-order valence-electron chi connectivity index (χ4n) is 1.26. The molecule has 0 aliphatic carbocycles. The zero-order valence-corrected chi connectivity index (χ0v) is 11.6. The molecule has 0 saturated carbocycles. The summed E-state index contributed by atoms with van der Waals surface area (Å²) in [6.45, 7) is 2.60. The fraction of sp³-hybridized carbons (Fsp3) is 0.727. The van der Waals surface area contributed by atoms with Crippen molar-refractivity contribution in [3.05, 3.63) is 0 Å². The Labute approximate surface area is 112 Å². The average Bonchev–Trinajstić information content (AvgIpc) is 2.45. The fourth-order valence-corrected chi connectivity index (χ4v) is 1.26. The standard InChI is InChI=1S/C11H21N5O3/c1-12-9-14-10(16-11(15-9)18-3)13-5-4-6-19-8-7-17-2/h4-8H2,1-3H3,(H2,12,13,14,15,16). The molecule has 0 spiro atoms. The third-order valence-corrected chi connectivity index (χ3v) is 2.20. The van der Waals surface area contributed by atoms with Crippen LogP contribution in [-0.2, 0) is 9.47 Å². The molecule has 0 atom stereocenters. The third kappa shape index (κ3) is 6.16. The Balaban J connectivity index is 2.28. The lowest BCUT2D eigenvalue weighted by Gasteiger charge is -2.08. The van der Waals surface area contributed by atoms with E-state index in [0.29, 0.717) is 38.3 Å². The Morgan fingerprint density at radius 1 is 1.00 bits per heavy atom. The van der Waals surface area contributed by atoms with E-state index in [4.69, 9.17) is 14.2 Å². The van der Waals surface area contributed by atoms with Gasteiger partial charge in [0.1, 0.15) is 0 Å². The summed E-state index contributed by atoms with van der Waals surface area (Å²) >= 11 is 0. The first-order valence-corrected chi connectivity index (χ1v) is 6.08. The summed E-state index contributed by atoms with van der Waals surface area (Å²) in [5.74, 6) is 0.943. The molecular weight excluding hydrogens is 250 g/mol. The zero-order valence-electron chi connectivity index (χ0n) is 11.6. The van der Waals surface area contributed by atoms with Crippen LogP contribution in [0, 0.1) is 0 Å². The molecule has 0 aliphatic rings. The maximum absolute atomic E-state index is 5.35. The molecule has 1 heterocycles. The lowest BCUT2D eigenvalue weighted by Crippen LogP contribution is -2.12. The topological polar surface area (TPSA) is 90.4 Å². The lowest BCUT2D eigenvalue weighted by molar-refractivity contribution is 0.0705. The van der Waals surface area contributed by atoms with Crippen LogP contribution in [0.3, 0.4) is 0 Å². The van der Waals surface area contributed by atoms with Crippen LogP contribution in [0.2, 0.25) is 0 Å². The quantitative estimate of drug-likeness (QED) is 0.590. The Bertz CT molecular complexity index is 342. The first kappa shape index (κ1) is 15.4. The predicted molar refractivity (Wildman–Crippen MR) is 71.7 cm³/mol. The maximum atomic E-state index is 5.35. The largest absolute Gasteiger partial charge is 0.467 e. The number of methoxy groups -OCH3 is 2. The second kappa shape index (κ2) is 9.29. The van der Waals surface area contributed by atoms with Gasteiger partial charge in [-0.25, -0.2) is 0 Å². The van der Waals surface area contributed by atoms with E-state index >= 15 is 0 Å². The number of hydrogen-bond acceptors (Lipinski definition) is 8. The van der Waals surface area contributed by atoms with Crippen molar-refractivity contribution < 1.29 is 14.2 Å². The molecule has 8 heteroatoms. The van der Waals surface area contributed by atoms with Gasteiger partial charge in [-0.2, -0.15) is 15.0 Å². The number of anilines is 2. The van der Waals surface area contributed by atoms with E-state index < -0.39 is 0 Å². The van der Waals surface area contributed by atoms with Crippen molar-refractivity contribution in [3.63, 3.8) is 0 Å². The average molecular weight is 271 g/mol. The van der Waals surface area contributed by atoms with Gasteiger partial charge in [-0.3, -0.25) is 0 Å². The number of hydrogen-bond donors (Lipinski definition) is 2. The van der Waals surface area contributed by atoms with E-state index in [1.165, 1.54) is 7.11 Å². The summed E-state index contributed by atoms with van der Waals surface area (Å²) in [5.41, 5.74) is 0. The van der Waals surface area contributed by atoms with Crippen LogP contribution in [0.1, 0.15) is 6.42 Å². The Morgan fingerprint density at radius 3 is 2.47 bits per heavy atom. The highest BCUT2D eigenvalue weighted by atomic mass is 16.5. The van der Waals surface area contributed by atoms with E-state index in [1.807, 2.05) is 0 Å². The molecule has 0 bridgehead atoms. The molecule has 1 rings (SSSR count). The molecule has 0 unspecified atom stereocenters. The second-order valence-corrected chi connectivity index (χ2v) is 3.60. The highest BCUT2D eigenvalue weighted by Crippen LogP contribution is 2.09. The first-order chi connectivity index (χ1) is 9.30. The molecule has 8 nitrogen and oxygen atoms in total. The minimum absolute atomic E-state index is 0.276. The van der Waals surface area contributed by atoms with Crippen LogP contribution in [0.25, 0.3) is 0 Å². The third-order valence-electron chi connectivity index (χ3n) is 2.20. The minimum atomic E-state index is 0.276. The van der Waals surface area contributed by atoms with Crippen molar-refractivity contribution in [2.24, 2.45) is 0 Å². The number of nitrogens with one attached hydrogen (secondary N) is 2. The van der Waals surface area contributed by atoms with Crippen LogP contribution in [0.5, 0.6) is 6.01 Å². The first-order valence-electron chi connectivity index (χ1n) is 6.08. The summed E-state index contributed by atoms with van der Waals surface area (Å²) in [6.07, 6.45) is 0.854. The van der Waals surface area contributed by atoms with Gasteiger partial charge in [-0.05, 0) is 6.42 Å². The van der Waals surface area contributed by atoms with Gasteiger partial charge in [0.2, 0.25) is 11.9 Å². The highest BCUT2D eigenvalue weighted by Gasteiger charge is 2.04. The van der Waals surface area contributed by atoms with Gasteiger partial charge in [0, 0.05) is 27.3 Å². The van der Waals surface area contributed by atoms with Gasteiger partial charge in [-0.1, -0.05) is 0 Å². The molecule has 2 N–H and O–H groups in total. The summed E-state index contributed by atoms with van der Waals surface area (Å²) in [7, 11) is 4.91. The number of aromatic nitrogens is 3. The summed E-state index contributed by atoms with van der Waals surface area (Å²) < 4.78 is 15.2. The highest BCUT2D eigenvalue weighted by molar-refractivity contribution is 5.35. The SMILES string of the molecule is CNc1nc(NCCCOCCOC)nc(OC)n1. The van der Waals surface area contributed by atoms with E-state index in [-0.39, 0.29) is 6.01 Å². The monoisotopic (exact) mass is 271 g/mol. The molecular formula is C11H21N5O3. The molecule has 0 saturated heterocycles. The van der Waals surface area contributed by atoms with Crippen molar-refractivity contribution in [1.29, 1.82) is 0 Å². The van der Waals surface area contributed by atoms with Crippen molar-refractivity contribution in [3.8, 4) is 6.01 Å². The zero-order chi connectivity index (χ0) is 13.9. The molecule has 0 radical (unpaired) electrons. The van der Waals surface area contributed by atoms with Gasteiger partial charge in [0.05, 0.1) is 20.3 Å². The summed E-state index contributed by atoms with van der Waals surface area (Å²) in [6, 6.07) is 0.276. The molecule has 0 aromatic carbocycles.